The summed E-state index contributed by atoms with van der Waals surface area (Å²) in [5.41, 5.74) is 2.10. The number of nitrogens with one attached hydrogen (secondary N) is 1. The van der Waals surface area contributed by atoms with Crippen LogP contribution in [0, 0.1) is 12.7 Å². The molecule has 2 atom stereocenters. The summed E-state index contributed by atoms with van der Waals surface area (Å²) in [7, 11) is 3.13. The fourth-order valence-electron chi connectivity index (χ4n) is 2.49. The highest BCUT2D eigenvalue weighted by molar-refractivity contribution is 5.41. The smallest absolute Gasteiger partial charge is 0.126 e. The van der Waals surface area contributed by atoms with E-state index in [1.165, 1.54) is 6.07 Å². The van der Waals surface area contributed by atoms with Crippen LogP contribution in [0.1, 0.15) is 35.8 Å². The number of halogens is 1. The van der Waals surface area contributed by atoms with Crippen molar-refractivity contribution in [1.29, 1.82) is 0 Å². The third-order valence-electron chi connectivity index (χ3n) is 4.11. The number of aliphatic hydroxyl groups is 1. The minimum Gasteiger partial charge on any atom is -0.497 e. The van der Waals surface area contributed by atoms with Gasteiger partial charge in [-0.1, -0.05) is 12.1 Å². The van der Waals surface area contributed by atoms with E-state index < -0.39 is 6.10 Å². The zero-order valence-corrected chi connectivity index (χ0v) is 14.5. The maximum absolute atomic E-state index is 13.7. The molecule has 0 saturated heterocycles. The first-order chi connectivity index (χ1) is 11.5. The zero-order chi connectivity index (χ0) is 17.7. The third-order valence-corrected chi connectivity index (χ3v) is 4.11. The van der Waals surface area contributed by atoms with Gasteiger partial charge >= 0.3 is 0 Å². The number of ether oxygens (including phenoxy) is 2. The molecule has 0 fully saturated rings. The van der Waals surface area contributed by atoms with Gasteiger partial charge in [-0.15, -0.1) is 0 Å². The lowest BCUT2D eigenvalue weighted by atomic mass is 10.0. The number of rotatable bonds is 7. The van der Waals surface area contributed by atoms with E-state index in [0.717, 1.165) is 5.56 Å². The van der Waals surface area contributed by atoms with Gasteiger partial charge in [0.05, 0.1) is 20.3 Å². The molecule has 5 heteroatoms. The maximum atomic E-state index is 13.7. The van der Waals surface area contributed by atoms with E-state index in [2.05, 4.69) is 5.32 Å². The normalized spacial score (nSPS) is 13.4. The lowest BCUT2D eigenvalue weighted by Gasteiger charge is -2.20. The summed E-state index contributed by atoms with van der Waals surface area (Å²) >= 11 is 0. The fraction of sp³-hybridized carbons (Fsp3) is 0.368. The average molecular weight is 333 g/mol. The van der Waals surface area contributed by atoms with Gasteiger partial charge in [-0.3, -0.25) is 0 Å². The monoisotopic (exact) mass is 333 g/mol. The molecular formula is C19H24FNO3. The van der Waals surface area contributed by atoms with Gasteiger partial charge in [-0.25, -0.2) is 4.39 Å². The van der Waals surface area contributed by atoms with E-state index in [9.17, 15) is 9.50 Å². The van der Waals surface area contributed by atoms with Crippen molar-refractivity contribution in [2.45, 2.75) is 26.0 Å². The van der Waals surface area contributed by atoms with Crippen molar-refractivity contribution < 1.29 is 19.0 Å². The van der Waals surface area contributed by atoms with E-state index in [1.54, 1.807) is 45.4 Å². The second-order valence-electron chi connectivity index (χ2n) is 5.76. The van der Waals surface area contributed by atoms with Gasteiger partial charge in [0.25, 0.3) is 0 Å². The van der Waals surface area contributed by atoms with Gasteiger partial charge in [0.1, 0.15) is 17.3 Å². The van der Waals surface area contributed by atoms with Crippen molar-refractivity contribution in [2.75, 3.05) is 20.8 Å². The Morgan fingerprint density at radius 1 is 1.12 bits per heavy atom. The highest BCUT2D eigenvalue weighted by atomic mass is 19.1. The number of benzene rings is 2. The Hall–Kier alpha value is -2.11. The molecule has 2 unspecified atom stereocenters. The Labute approximate surface area is 142 Å². The van der Waals surface area contributed by atoms with Crippen molar-refractivity contribution in [3.8, 4) is 11.5 Å². The van der Waals surface area contributed by atoms with Crippen molar-refractivity contribution in [1.82, 2.24) is 5.32 Å². The number of aliphatic hydroxyl groups excluding tert-OH is 1. The third kappa shape index (κ3) is 4.24. The zero-order valence-electron chi connectivity index (χ0n) is 14.5. The molecule has 0 aliphatic rings. The van der Waals surface area contributed by atoms with Gasteiger partial charge < -0.3 is 19.9 Å². The van der Waals surface area contributed by atoms with Gasteiger partial charge in [0, 0.05) is 18.2 Å². The molecule has 2 rings (SSSR count). The summed E-state index contributed by atoms with van der Waals surface area (Å²) in [5, 5.41) is 13.7. The molecule has 2 aromatic rings. The number of methoxy groups -OCH3 is 2. The van der Waals surface area contributed by atoms with Crippen LogP contribution in [-0.2, 0) is 0 Å². The van der Waals surface area contributed by atoms with Gasteiger partial charge in [-0.2, -0.15) is 0 Å². The molecule has 0 aromatic heterocycles. The maximum Gasteiger partial charge on any atom is 0.126 e. The number of hydrogen-bond acceptors (Lipinski definition) is 4. The summed E-state index contributed by atoms with van der Waals surface area (Å²) in [6.45, 7) is 3.97. The van der Waals surface area contributed by atoms with E-state index in [0.29, 0.717) is 29.2 Å². The molecule has 130 valence electrons. The molecular weight excluding hydrogens is 309 g/mol. The first kappa shape index (κ1) is 18.2. The first-order valence-corrected chi connectivity index (χ1v) is 7.85. The van der Waals surface area contributed by atoms with Crippen LogP contribution in [0.15, 0.2) is 36.4 Å². The van der Waals surface area contributed by atoms with E-state index in [1.807, 2.05) is 13.0 Å². The average Bonchev–Trinajstić information content (AvgIpc) is 2.60. The fourth-order valence-corrected chi connectivity index (χ4v) is 2.49. The predicted octanol–water partition coefficient (Wildman–Crippen LogP) is 3.54. The van der Waals surface area contributed by atoms with Crippen molar-refractivity contribution in [3.05, 3.63) is 58.9 Å². The minimum absolute atomic E-state index is 0.0913. The van der Waals surface area contributed by atoms with E-state index in [-0.39, 0.29) is 11.9 Å². The van der Waals surface area contributed by atoms with Crippen LogP contribution in [0.5, 0.6) is 11.5 Å². The molecule has 0 aliphatic heterocycles. The molecule has 2 N–H and O–H groups in total. The molecule has 0 bridgehead atoms. The van der Waals surface area contributed by atoms with Gasteiger partial charge in [0.15, 0.2) is 0 Å². The van der Waals surface area contributed by atoms with Crippen molar-refractivity contribution in [3.63, 3.8) is 0 Å². The summed E-state index contributed by atoms with van der Waals surface area (Å²) in [5.74, 6) is 1.02. The Morgan fingerprint density at radius 2 is 1.88 bits per heavy atom. The summed E-state index contributed by atoms with van der Waals surface area (Å²) < 4.78 is 24.2. The van der Waals surface area contributed by atoms with Crippen LogP contribution in [0.4, 0.5) is 4.39 Å². The van der Waals surface area contributed by atoms with Crippen LogP contribution in [0.3, 0.4) is 0 Å². The van der Waals surface area contributed by atoms with Crippen LogP contribution in [0.25, 0.3) is 0 Å². The highest BCUT2D eigenvalue weighted by Gasteiger charge is 2.16. The molecule has 24 heavy (non-hydrogen) atoms. The minimum atomic E-state index is -0.771. The van der Waals surface area contributed by atoms with Crippen LogP contribution in [-0.4, -0.2) is 25.9 Å². The quantitative estimate of drug-likeness (QED) is 0.814. The number of hydrogen-bond donors (Lipinski definition) is 2. The number of aryl methyl sites for hydroxylation is 1. The summed E-state index contributed by atoms with van der Waals surface area (Å²) in [6, 6.07) is 10.4. The largest absolute Gasteiger partial charge is 0.497 e. The summed E-state index contributed by atoms with van der Waals surface area (Å²) in [4.78, 5) is 0. The van der Waals surface area contributed by atoms with Crippen molar-refractivity contribution in [2.24, 2.45) is 0 Å². The Bertz CT molecular complexity index is 690. The summed E-state index contributed by atoms with van der Waals surface area (Å²) in [6.07, 6.45) is -0.771. The van der Waals surface area contributed by atoms with Crippen LogP contribution < -0.4 is 14.8 Å². The standard InChI is InChI=1S/C19H24FNO3/c1-12-5-6-14(9-17(12)20)13(2)21-11-18(22)16-10-15(23-3)7-8-19(16)24-4/h5-10,13,18,21-22H,11H2,1-4H3. The topological polar surface area (TPSA) is 50.7 Å². The Balaban J connectivity index is 2.06. The first-order valence-electron chi connectivity index (χ1n) is 7.85. The molecule has 0 saturated carbocycles. The van der Waals surface area contributed by atoms with Crippen LogP contribution >= 0.6 is 0 Å². The lowest BCUT2D eigenvalue weighted by molar-refractivity contribution is 0.166. The van der Waals surface area contributed by atoms with E-state index >= 15 is 0 Å². The molecule has 0 spiro atoms. The van der Waals surface area contributed by atoms with Crippen LogP contribution in [0.2, 0.25) is 0 Å². The SMILES string of the molecule is COc1ccc(OC)c(C(O)CNC(C)c2ccc(C)c(F)c2)c1. The molecule has 2 aromatic carbocycles. The molecule has 0 heterocycles. The molecule has 0 radical (unpaired) electrons. The second-order valence-corrected chi connectivity index (χ2v) is 5.76. The van der Waals surface area contributed by atoms with Gasteiger partial charge in [-0.05, 0) is 49.2 Å². The predicted molar refractivity (Wildman–Crippen MR) is 92.1 cm³/mol. The highest BCUT2D eigenvalue weighted by Crippen LogP contribution is 2.29. The van der Waals surface area contributed by atoms with Crippen molar-refractivity contribution >= 4 is 0 Å². The molecule has 0 amide bonds. The molecule has 4 nitrogen and oxygen atoms in total. The second kappa shape index (κ2) is 8.13. The Morgan fingerprint density at radius 3 is 2.50 bits per heavy atom. The Kier molecular flexibility index (Phi) is 6.17. The van der Waals surface area contributed by atoms with Gasteiger partial charge in [0.2, 0.25) is 0 Å². The van der Waals surface area contributed by atoms with E-state index in [4.69, 9.17) is 9.47 Å². The molecule has 0 aliphatic carbocycles. The lowest BCUT2D eigenvalue weighted by Crippen LogP contribution is -2.25.